The van der Waals surface area contributed by atoms with Gasteiger partial charge in [-0.25, -0.2) is 9.78 Å². The van der Waals surface area contributed by atoms with Crippen LogP contribution in [-0.2, 0) is 11.3 Å². The number of carbonyl (C=O) groups excluding carboxylic acids is 1. The lowest BCUT2D eigenvalue weighted by molar-refractivity contribution is 0.00775. The Labute approximate surface area is 126 Å². The van der Waals surface area contributed by atoms with Gasteiger partial charge in [-0.2, -0.15) is 0 Å². The second-order valence-corrected chi connectivity index (χ2v) is 6.64. The van der Waals surface area contributed by atoms with Crippen molar-refractivity contribution in [2.75, 3.05) is 19.7 Å². The number of imidazole rings is 1. The highest BCUT2D eigenvalue weighted by atomic mass is 16.5. The first-order chi connectivity index (χ1) is 9.97. The maximum absolute atomic E-state index is 11.8. The molecule has 2 rings (SSSR count). The van der Waals surface area contributed by atoms with Gasteiger partial charge in [-0.3, -0.25) is 0 Å². The molecule has 0 aliphatic carbocycles. The molecule has 0 saturated carbocycles. The fourth-order valence-electron chi connectivity index (χ4n) is 2.80. The molecule has 0 unspecified atom stereocenters. The summed E-state index contributed by atoms with van der Waals surface area (Å²) in [5, 5.41) is 5.81. The summed E-state index contributed by atoms with van der Waals surface area (Å²) in [6.45, 7) is 9.32. The first-order valence-electron chi connectivity index (χ1n) is 7.56. The summed E-state index contributed by atoms with van der Waals surface area (Å²) in [6, 6.07) is -0.116. The predicted molar refractivity (Wildman–Crippen MR) is 80.9 cm³/mol. The second kappa shape index (κ2) is 6.93. The number of ether oxygens (including phenoxy) is 1. The number of hydrogen-bond donors (Lipinski definition) is 2. The number of hydrogen-bond acceptors (Lipinski definition) is 3. The number of nitrogens with zero attached hydrogens (tertiary/aromatic N) is 2. The molecule has 1 aromatic rings. The molecule has 2 atom stereocenters. The summed E-state index contributed by atoms with van der Waals surface area (Å²) >= 11 is 0. The number of urea groups is 1. The van der Waals surface area contributed by atoms with Gasteiger partial charge < -0.3 is 19.9 Å². The van der Waals surface area contributed by atoms with E-state index in [1.165, 1.54) is 0 Å². The maximum Gasteiger partial charge on any atom is 0.314 e. The molecule has 6 heteroatoms. The average Bonchev–Trinajstić information content (AvgIpc) is 3.06. The molecule has 6 nitrogen and oxygen atoms in total. The Kier molecular flexibility index (Phi) is 5.22. The Morgan fingerprint density at radius 1 is 1.43 bits per heavy atom. The van der Waals surface area contributed by atoms with E-state index in [0.717, 1.165) is 19.6 Å². The second-order valence-electron chi connectivity index (χ2n) is 6.64. The van der Waals surface area contributed by atoms with Gasteiger partial charge in [0.15, 0.2) is 0 Å². The van der Waals surface area contributed by atoms with Crippen molar-refractivity contribution in [3.05, 3.63) is 18.7 Å². The largest absolute Gasteiger partial charge is 0.377 e. The summed E-state index contributed by atoms with van der Waals surface area (Å²) in [4.78, 5) is 15.8. The molecule has 2 heterocycles. The molecular weight excluding hydrogens is 268 g/mol. The van der Waals surface area contributed by atoms with E-state index in [1.807, 2.05) is 10.8 Å². The SMILES string of the molecule is CC(C)(C)[C@H]1OCC[C@@H]1CNC(=O)NCCn1ccnc1. The van der Waals surface area contributed by atoms with Gasteiger partial charge in [-0.05, 0) is 11.8 Å². The Hall–Kier alpha value is -1.56. The van der Waals surface area contributed by atoms with E-state index in [4.69, 9.17) is 4.74 Å². The first-order valence-corrected chi connectivity index (χ1v) is 7.56. The highest BCUT2D eigenvalue weighted by Gasteiger charge is 2.37. The minimum atomic E-state index is -0.116. The van der Waals surface area contributed by atoms with Gasteiger partial charge in [-0.1, -0.05) is 20.8 Å². The highest BCUT2D eigenvalue weighted by molar-refractivity contribution is 5.73. The number of rotatable bonds is 5. The third-order valence-electron chi connectivity index (χ3n) is 3.81. The quantitative estimate of drug-likeness (QED) is 0.867. The summed E-state index contributed by atoms with van der Waals surface area (Å²) in [7, 11) is 0. The van der Waals surface area contributed by atoms with E-state index in [0.29, 0.717) is 19.0 Å². The van der Waals surface area contributed by atoms with Gasteiger partial charge in [-0.15, -0.1) is 0 Å². The van der Waals surface area contributed by atoms with Gasteiger partial charge in [0.25, 0.3) is 0 Å². The van der Waals surface area contributed by atoms with Crippen molar-refractivity contribution in [2.24, 2.45) is 11.3 Å². The van der Waals surface area contributed by atoms with Crippen LogP contribution in [0.15, 0.2) is 18.7 Å². The van der Waals surface area contributed by atoms with Gasteiger partial charge in [0.2, 0.25) is 0 Å². The average molecular weight is 294 g/mol. The molecule has 0 aromatic carbocycles. The number of nitrogens with one attached hydrogen (secondary N) is 2. The van der Waals surface area contributed by atoms with Crippen LogP contribution in [-0.4, -0.2) is 41.4 Å². The van der Waals surface area contributed by atoms with Crippen molar-refractivity contribution in [3.8, 4) is 0 Å². The maximum atomic E-state index is 11.8. The molecule has 1 aliphatic rings. The van der Waals surface area contributed by atoms with Gasteiger partial charge >= 0.3 is 6.03 Å². The predicted octanol–water partition coefficient (Wildman–Crippen LogP) is 1.63. The van der Waals surface area contributed by atoms with Crippen LogP contribution in [0.4, 0.5) is 4.79 Å². The Morgan fingerprint density at radius 3 is 2.90 bits per heavy atom. The number of aromatic nitrogens is 2. The standard InChI is InChI=1S/C15H26N4O2/c1-15(2,3)13-12(4-9-21-13)10-18-14(20)17-6-8-19-7-5-16-11-19/h5,7,11-13H,4,6,8-10H2,1-3H3,(H2,17,18,20)/t12-,13+/m1/s1. The third kappa shape index (κ3) is 4.74. The van der Waals surface area contributed by atoms with E-state index in [2.05, 4.69) is 36.4 Å². The van der Waals surface area contributed by atoms with Crippen molar-refractivity contribution in [3.63, 3.8) is 0 Å². The van der Waals surface area contributed by atoms with Crippen LogP contribution < -0.4 is 10.6 Å². The molecule has 2 N–H and O–H groups in total. The molecule has 1 saturated heterocycles. The zero-order chi connectivity index (χ0) is 15.3. The van der Waals surface area contributed by atoms with Crippen LogP contribution in [0.25, 0.3) is 0 Å². The molecule has 2 amide bonds. The van der Waals surface area contributed by atoms with Crippen LogP contribution in [0.1, 0.15) is 27.2 Å². The van der Waals surface area contributed by atoms with Gasteiger partial charge in [0.05, 0.1) is 12.4 Å². The fourth-order valence-corrected chi connectivity index (χ4v) is 2.80. The Balaban J connectivity index is 1.66. The van der Waals surface area contributed by atoms with Crippen molar-refractivity contribution in [1.29, 1.82) is 0 Å². The molecule has 0 bridgehead atoms. The van der Waals surface area contributed by atoms with Crippen LogP contribution >= 0.6 is 0 Å². The highest BCUT2D eigenvalue weighted by Crippen LogP contribution is 2.34. The minimum Gasteiger partial charge on any atom is -0.377 e. The minimum absolute atomic E-state index is 0.112. The third-order valence-corrected chi connectivity index (χ3v) is 3.81. The summed E-state index contributed by atoms with van der Waals surface area (Å²) in [5.41, 5.74) is 0.112. The van der Waals surface area contributed by atoms with E-state index in [1.54, 1.807) is 12.5 Å². The molecule has 118 valence electrons. The van der Waals surface area contributed by atoms with Gasteiger partial charge in [0, 0.05) is 44.6 Å². The normalized spacial score (nSPS) is 22.2. The first kappa shape index (κ1) is 15.8. The lowest BCUT2D eigenvalue weighted by atomic mass is 9.81. The molecule has 0 radical (unpaired) electrons. The van der Waals surface area contributed by atoms with Crippen LogP contribution in [0, 0.1) is 11.3 Å². The van der Waals surface area contributed by atoms with Crippen LogP contribution in [0.5, 0.6) is 0 Å². The van der Waals surface area contributed by atoms with Crippen molar-refractivity contribution in [2.45, 2.75) is 39.8 Å². The van der Waals surface area contributed by atoms with Crippen molar-refractivity contribution in [1.82, 2.24) is 20.2 Å². The zero-order valence-electron chi connectivity index (χ0n) is 13.1. The lowest BCUT2D eigenvalue weighted by Crippen LogP contribution is -2.43. The fraction of sp³-hybridized carbons (Fsp3) is 0.733. The summed E-state index contributed by atoms with van der Waals surface area (Å²) in [6.07, 6.45) is 6.57. The summed E-state index contributed by atoms with van der Waals surface area (Å²) in [5.74, 6) is 0.393. The van der Waals surface area contributed by atoms with Crippen LogP contribution in [0.2, 0.25) is 0 Å². The summed E-state index contributed by atoms with van der Waals surface area (Å²) < 4.78 is 7.74. The molecule has 1 fully saturated rings. The lowest BCUT2D eigenvalue weighted by Gasteiger charge is -2.31. The molecule has 21 heavy (non-hydrogen) atoms. The topological polar surface area (TPSA) is 68.2 Å². The Bertz CT molecular complexity index is 439. The van der Waals surface area contributed by atoms with E-state index < -0.39 is 0 Å². The van der Waals surface area contributed by atoms with Crippen LogP contribution in [0.3, 0.4) is 0 Å². The monoisotopic (exact) mass is 294 g/mol. The smallest absolute Gasteiger partial charge is 0.314 e. The van der Waals surface area contributed by atoms with E-state index >= 15 is 0 Å². The Morgan fingerprint density at radius 2 is 2.24 bits per heavy atom. The van der Waals surface area contributed by atoms with E-state index in [-0.39, 0.29) is 17.6 Å². The van der Waals surface area contributed by atoms with Crippen molar-refractivity contribution >= 4 is 6.03 Å². The molecular formula is C15H26N4O2. The number of carbonyl (C=O) groups is 1. The molecule has 1 aliphatic heterocycles. The van der Waals surface area contributed by atoms with E-state index in [9.17, 15) is 4.79 Å². The zero-order valence-corrected chi connectivity index (χ0v) is 13.1. The number of amides is 2. The molecule has 1 aromatic heterocycles. The van der Waals surface area contributed by atoms with Crippen molar-refractivity contribution < 1.29 is 9.53 Å². The molecule has 0 spiro atoms. The van der Waals surface area contributed by atoms with Gasteiger partial charge in [0.1, 0.15) is 0 Å².